The molecule has 1 amide bonds. The van der Waals surface area contributed by atoms with E-state index in [1.165, 1.54) is 12.1 Å². The fourth-order valence-corrected chi connectivity index (χ4v) is 3.05. The molecule has 2 aromatic rings. The number of nitrogens with one attached hydrogen (secondary N) is 1. The molecule has 3 N–H and O–H groups in total. The summed E-state index contributed by atoms with van der Waals surface area (Å²) in [4.78, 5) is 12.1. The lowest BCUT2D eigenvalue weighted by atomic mass is 10.1. The largest absolute Gasteiger partial charge is 0.497 e. The molecular weight excluding hydrogens is 364 g/mol. The Kier molecular flexibility index (Phi) is 7.15. The topological polar surface area (TPSA) is 98.5 Å². The van der Waals surface area contributed by atoms with Crippen LogP contribution in [0.1, 0.15) is 24.5 Å². The molecule has 0 aliphatic rings. The lowest BCUT2D eigenvalue weighted by Gasteiger charge is -2.06. The Hall–Kier alpha value is -2.64. The Balaban J connectivity index is 1.79. The first-order valence-electron chi connectivity index (χ1n) is 8.52. The van der Waals surface area contributed by atoms with E-state index in [-0.39, 0.29) is 10.8 Å². The summed E-state index contributed by atoms with van der Waals surface area (Å²) in [7, 11) is -2.05. The number of ether oxygens (including phenoxy) is 1. The Labute approximate surface area is 160 Å². The van der Waals surface area contributed by atoms with Crippen molar-refractivity contribution in [3.63, 3.8) is 0 Å². The number of primary sulfonamides is 1. The molecule has 0 aliphatic carbocycles. The molecule has 0 aliphatic heterocycles. The molecule has 0 saturated heterocycles. The van der Waals surface area contributed by atoms with Crippen LogP contribution in [-0.4, -0.2) is 28.0 Å². The van der Waals surface area contributed by atoms with Crippen molar-refractivity contribution in [2.24, 2.45) is 5.14 Å². The summed E-state index contributed by atoms with van der Waals surface area (Å²) in [6.45, 7) is 2.41. The summed E-state index contributed by atoms with van der Waals surface area (Å²) >= 11 is 0. The van der Waals surface area contributed by atoms with Crippen LogP contribution in [0, 0.1) is 0 Å². The van der Waals surface area contributed by atoms with E-state index in [2.05, 4.69) is 5.32 Å². The number of aryl methyl sites for hydroxylation is 1. The van der Waals surface area contributed by atoms with Crippen molar-refractivity contribution < 1.29 is 17.9 Å². The fourth-order valence-electron chi connectivity index (χ4n) is 2.53. The summed E-state index contributed by atoms with van der Waals surface area (Å²) < 4.78 is 27.6. The van der Waals surface area contributed by atoms with Crippen molar-refractivity contribution in [3.8, 4) is 5.75 Å². The van der Waals surface area contributed by atoms with Crippen LogP contribution in [0.2, 0.25) is 0 Å². The number of allylic oxidation sites excluding steroid dienone is 1. The predicted octanol–water partition coefficient (Wildman–Crippen LogP) is 2.49. The van der Waals surface area contributed by atoms with E-state index < -0.39 is 10.0 Å². The maximum Gasteiger partial charge on any atom is 0.244 e. The number of nitrogens with two attached hydrogens (primary N) is 1. The van der Waals surface area contributed by atoms with E-state index in [9.17, 15) is 13.2 Å². The number of amides is 1. The second kappa shape index (κ2) is 9.34. The minimum atomic E-state index is -3.66. The van der Waals surface area contributed by atoms with E-state index in [0.29, 0.717) is 6.54 Å². The molecule has 0 unspecified atom stereocenters. The van der Waals surface area contributed by atoms with Crippen LogP contribution in [0.4, 0.5) is 0 Å². The van der Waals surface area contributed by atoms with Crippen molar-refractivity contribution in [2.45, 2.75) is 24.7 Å². The maximum atomic E-state index is 12.0. The maximum absolute atomic E-state index is 12.0. The van der Waals surface area contributed by atoms with Gasteiger partial charge in [-0.15, -0.1) is 0 Å². The quantitative estimate of drug-likeness (QED) is 0.536. The van der Waals surface area contributed by atoms with Crippen molar-refractivity contribution in [3.05, 3.63) is 65.7 Å². The van der Waals surface area contributed by atoms with Gasteiger partial charge in [0.15, 0.2) is 0 Å². The molecule has 2 aromatic carbocycles. The number of sulfonamides is 1. The smallest absolute Gasteiger partial charge is 0.244 e. The first-order valence-corrected chi connectivity index (χ1v) is 10.1. The van der Waals surface area contributed by atoms with Crippen LogP contribution in [0.3, 0.4) is 0 Å². The number of benzene rings is 2. The average Bonchev–Trinajstić information content (AvgIpc) is 2.65. The van der Waals surface area contributed by atoms with E-state index in [1.807, 2.05) is 31.2 Å². The number of rotatable bonds is 8. The summed E-state index contributed by atoms with van der Waals surface area (Å²) in [5.74, 6) is 0.626. The van der Waals surface area contributed by atoms with E-state index in [0.717, 1.165) is 35.3 Å². The van der Waals surface area contributed by atoms with Crippen LogP contribution >= 0.6 is 0 Å². The molecule has 0 radical (unpaired) electrons. The van der Waals surface area contributed by atoms with Crippen molar-refractivity contribution in [2.75, 3.05) is 13.7 Å². The Morgan fingerprint density at radius 2 is 1.74 bits per heavy atom. The number of carbonyl (C=O) groups excluding carboxylic acids is 1. The van der Waals surface area contributed by atoms with Crippen LogP contribution < -0.4 is 15.2 Å². The second-order valence-corrected chi connectivity index (χ2v) is 7.70. The molecule has 0 aromatic heterocycles. The second-order valence-electron chi connectivity index (χ2n) is 6.14. The minimum Gasteiger partial charge on any atom is -0.497 e. The third kappa shape index (κ3) is 6.54. The number of methoxy groups -OCH3 is 1. The SMILES string of the molecule is COc1ccc(/C(C)=C/C(=O)NCCCc2ccc(S(N)(=O)=O)cc2)cc1. The van der Waals surface area contributed by atoms with Gasteiger partial charge in [-0.3, -0.25) is 4.79 Å². The molecule has 27 heavy (non-hydrogen) atoms. The van der Waals surface area contributed by atoms with Gasteiger partial charge < -0.3 is 10.1 Å². The number of carbonyl (C=O) groups is 1. The van der Waals surface area contributed by atoms with E-state index in [1.54, 1.807) is 25.3 Å². The highest BCUT2D eigenvalue weighted by atomic mass is 32.2. The highest BCUT2D eigenvalue weighted by Crippen LogP contribution is 2.18. The van der Waals surface area contributed by atoms with Crippen molar-refractivity contribution in [1.29, 1.82) is 0 Å². The molecule has 2 rings (SSSR count). The van der Waals surface area contributed by atoms with E-state index in [4.69, 9.17) is 9.88 Å². The van der Waals surface area contributed by atoms with Gasteiger partial charge in [-0.05, 0) is 60.7 Å². The molecule has 0 fully saturated rings. The van der Waals surface area contributed by atoms with Crippen molar-refractivity contribution >= 4 is 21.5 Å². The Morgan fingerprint density at radius 3 is 2.30 bits per heavy atom. The monoisotopic (exact) mass is 388 g/mol. The highest BCUT2D eigenvalue weighted by molar-refractivity contribution is 7.89. The molecular formula is C20H24N2O4S. The van der Waals surface area contributed by atoms with Gasteiger partial charge in [0.05, 0.1) is 12.0 Å². The van der Waals surface area contributed by atoms with Gasteiger partial charge in [-0.2, -0.15) is 0 Å². The standard InChI is InChI=1S/C20H24N2O4S/c1-15(17-7-9-18(26-2)10-8-17)14-20(23)22-13-3-4-16-5-11-19(12-6-16)27(21,24)25/h5-12,14H,3-4,13H2,1-2H3,(H,22,23)(H2,21,24,25)/b15-14+. The first kappa shape index (κ1) is 20.7. The van der Waals surface area contributed by atoms with Crippen LogP contribution in [0.15, 0.2) is 59.5 Å². The normalized spacial score (nSPS) is 11.9. The van der Waals surface area contributed by atoms with Crippen LogP contribution in [0.25, 0.3) is 5.57 Å². The third-order valence-electron chi connectivity index (χ3n) is 4.09. The zero-order valence-electron chi connectivity index (χ0n) is 15.4. The van der Waals surface area contributed by atoms with Gasteiger partial charge in [0.25, 0.3) is 0 Å². The van der Waals surface area contributed by atoms with Gasteiger partial charge in [-0.25, -0.2) is 13.6 Å². The zero-order valence-corrected chi connectivity index (χ0v) is 16.3. The Morgan fingerprint density at radius 1 is 1.11 bits per heavy atom. The molecule has 6 nitrogen and oxygen atoms in total. The summed E-state index contributed by atoms with van der Waals surface area (Å²) in [5.41, 5.74) is 2.82. The predicted molar refractivity (Wildman–Crippen MR) is 106 cm³/mol. The molecule has 0 atom stereocenters. The minimum absolute atomic E-state index is 0.0960. The summed E-state index contributed by atoms with van der Waals surface area (Å²) in [5, 5.41) is 7.93. The molecule has 7 heteroatoms. The fraction of sp³-hybridized carbons (Fsp3) is 0.250. The molecule has 0 heterocycles. The van der Waals surface area contributed by atoms with Gasteiger partial charge in [-0.1, -0.05) is 24.3 Å². The number of hydrogen-bond acceptors (Lipinski definition) is 4. The zero-order chi connectivity index (χ0) is 19.9. The van der Waals surface area contributed by atoms with E-state index >= 15 is 0 Å². The molecule has 0 bridgehead atoms. The number of hydrogen-bond donors (Lipinski definition) is 2. The lowest BCUT2D eigenvalue weighted by Crippen LogP contribution is -2.22. The van der Waals surface area contributed by atoms with Gasteiger partial charge in [0, 0.05) is 12.6 Å². The average molecular weight is 388 g/mol. The lowest BCUT2D eigenvalue weighted by molar-refractivity contribution is -0.116. The highest BCUT2D eigenvalue weighted by Gasteiger charge is 2.06. The molecule has 0 spiro atoms. The van der Waals surface area contributed by atoms with Gasteiger partial charge in [0.2, 0.25) is 15.9 Å². The Bertz CT molecular complexity index is 902. The molecule has 144 valence electrons. The van der Waals surface area contributed by atoms with Crippen molar-refractivity contribution in [1.82, 2.24) is 5.32 Å². The van der Waals surface area contributed by atoms with Crippen LogP contribution in [0.5, 0.6) is 5.75 Å². The first-order chi connectivity index (χ1) is 12.8. The molecule has 0 saturated carbocycles. The third-order valence-corrected chi connectivity index (χ3v) is 5.02. The van der Waals surface area contributed by atoms with Gasteiger partial charge >= 0.3 is 0 Å². The van der Waals surface area contributed by atoms with Crippen LogP contribution in [-0.2, 0) is 21.2 Å². The summed E-state index contributed by atoms with van der Waals surface area (Å²) in [6, 6.07) is 14.0. The van der Waals surface area contributed by atoms with Gasteiger partial charge in [0.1, 0.15) is 5.75 Å². The summed E-state index contributed by atoms with van der Waals surface area (Å²) in [6.07, 6.45) is 3.05.